The molecule has 1 amide bonds. The quantitative estimate of drug-likeness (QED) is 0.643. The summed E-state index contributed by atoms with van der Waals surface area (Å²) in [5.41, 5.74) is 0. The third-order valence-electron chi connectivity index (χ3n) is 2.50. The highest BCUT2D eigenvalue weighted by Gasteiger charge is 2.28. The minimum atomic E-state index is -0.709. The fourth-order valence-corrected chi connectivity index (χ4v) is 1.61. The summed E-state index contributed by atoms with van der Waals surface area (Å²) in [6, 6.07) is 0. The molecule has 2 N–H and O–H groups in total. The third kappa shape index (κ3) is 5.47. The van der Waals surface area contributed by atoms with Gasteiger partial charge in [-0.15, -0.1) is 0 Å². The molecule has 16 heavy (non-hydrogen) atoms. The van der Waals surface area contributed by atoms with E-state index in [9.17, 15) is 9.90 Å². The Balaban J connectivity index is 4.46. The summed E-state index contributed by atoms with van der Waals surface area (Å²) < 4.78 is 0. The van der Waals surface area contributed by atoms with Gasteiger partial charge in [0.15, 0.2) is 0 Å². The van der Waals surface area contributed by atoms with Gasteiger partial charge in [0.05, 0.1) is 5.92 Å². The lowest BCUT2D eigenvalue weighted by molar-refractivity contribution is -0.134. The van der Waals surface area contributed by atoms with E-state index in [2.05, 4.69) is 19.2 Å². The zero-order valence-corrected chi connectivity index (χ0v) is 11.2. The van der Waals surface area contributed by atoms with Crippen LogP contribution in [-0.4, -0.2) is 42.8 Å². The molecule has 96 valence electrons. The Labute approximate surface area is 99.0 Å². The van der Waals surface area contributed by atoms with Crippen LogP contribution in [0.3, 0.4) is 0 Å². The highest BCUT2D eigenvalue weighted by Crippen LogP contribution is 2.17. The lowest BCUT2D eigenvalue weighted by atomic mass is 9.94. The predicted octanol–water partition coefficient (Wildman–Crippen LogP) is 1.05. The first-order valence-electron chi connectivity index (χ1n) is 6.02. The van der Waals surface area contributed by atoms with Crippen LogP contribution >= 0.6 is 0 Å². The third-order valence-corrected chi connectivity index (χ3v) is 2.50. The van der Waals surface area contributed by atoms with Gasteiger partial charge in [-0.3, -0.25) is 9.69 Å². The Morgan fingerprint density at radius 1 is 1.38 bits per heavy atom. The standard InChI is InChI=1S/C12H26N2O2/c1-6-7-13-11(15)10(8-9(2)3)12(16)14(4)5/h9-10,12,16H,6-8H2,1-5H3,(H,13,15). The normalized spacial score (nSPS) is 15.2. The van der Waals surface area contributed by atoms with E-state index in [-0.39, 0.29) is 11.8 Å². The smallest absolute Gasteiger partial charge is 0.227 e. The summed E-state index contributed by atoms with van der Waals surface area (Å²) in [6.45, 7) is 6.80. The highest BCUT2D eigenvalue weighted by atomic mass is 16.3. The molecule has 0 saturated heterocycles. The molecular formula is C12H26N2O2. The second-order valence-electron chi connectivity index (χ2n) is 4.90. The van der Waals surface area contributed by atoms with E-state index < -0.39 is 6.23 Å². The van der Waals surface area contributed by atoms with Gasteiger partial charge in [-0.1, -0.05) is 20.8 Å². The molecule has 0 saturated carbocycles. The summed E-state index contributed by atoms with van der Waals surface area (Å²) in [5, 5.41) is 12.8. The van der Waals surface area contributed by atoms with Crippen LogP contribution in [0.1, 0.15) is 33.6 Å². The summed E-state index contributed by atoms with van der Waals surface area (Å²) in [5.74, 6) is 0.00489. The molecule has 0 aliphatic rings. The molecule has 0 aliphatic carbocycles. The zero-order valence-electron chi connectivity index (χ0n) is 11.2. The van der Waals surface area contributed by atoms with Crippen molar-refractivity contribution < 1.29 is 9.90 Å². The van der Waals surface area contributed by atoms with Crippen molar-refractivity contribution in [2.24, 2.45) is 11.8 Å². The number of amides is 1. The molecule has 0 aromatic carbocycles. The van der Waals surface area contributed by atoms with Crippen molar-refractivity contribution >= 4 is 5.91 Å². The number of carbonyl (C=O) groups is 1. The molecule has 0 spiro atoms. The Hall–Kier alpha value is -0.610. The first-order chi connectivity index (χ1) is 7.40. The van der Waals surface area contributed by atoms with Crippen LogP contribution in [0, 0.1) is 11.8 Å². The topological polar surface area (TPSA) is 52.6 Å². The SMILES string of the molecule is CCCNC(=O)C(CC(C)C)C(O)N(C)C. The summed E-state index contributed by atoms with van der Waals surface area (Å²) in [4.78, 5) is 13.6. The molecule has 0 radical (unpaired) electrons. The van der Waals surface area contributed by atoms with Crippen LogP contribution in [0.2, 0.25) is 0 Å². The lowest BCUT2D eigenvalue weighted by Gasteiger charge is -2.28. The summed E-state index contributed by atoms with van der Waals surface area (Å²) in [6.07, 6.45) is 0.909. The van der Waals surface area contributed by atoms with E-state index in [0.717, 1.165) is 6.42 Å². The largest absolute Gasteiger partial charge is 0.378 e. The van der Waals surface area contributed by atoms with Gasteiger partial charge in [0, 0.05) is 6.54 Å². The molecule has 0 fully saturated rings. The second-order valence-corrected chi connectivity index (χ2v) is 4.90. The number of rotatable bonds is 7. The van der Waals surface area contributed by atoms with Crippen LogP contribution in [0.15, 0.2) is 0 Å². The maximum absolute atomic E-state index is 11.9. The minimum absolute atomic E-state index is 0.0447. The number of aliphatic hydroxyl groups excluding tert-OH is 1. The zero-order chi connectivity index (χ0) is 12.7. The molecule has 4 heteroatoms. The molecular weight excluding hydrogens is 204 g/mol. The number of carbonyl (C=O) groups excluding carboxylic acids is 1. The van der Waals surface area contributed by atoms with Gasteiger partial charge in [-0.05, 0) is 32.9 Å². The number of hydrogen-bond donors (Lipinski definition) is 2. The molecule has 0 aromatic rings. The fourth-order valence-electron chi connectivity index (χ4n) is 1.61. The number of nitrogens with zero attached hydrogens (tertiary/aromatic N) is 1. The minimum Gasteiger partial charge on any atom is -0.378 e. The van der Waals surface area contributed by atoms with Crippen LogP contribution in [0.4, 0.5) is 0 Å². The van der Waals surface area contributed by atoms with Crippen LogP contribution in [0.5, 0.6) is 0 Å². The van der Waals surface area contributed by atoms with Crippen molar-refractivity contribution in [3.05, 3.63) is 0 Å². The van der Waals surface area contributed by atoms with Gasteiger partial charge >= 0.3 is 0 Å². The predicted molar refractivity (Wildman–Crippen MR) is 65.9 cm³/mol. The van der Waals surface area contributed by atoms with Gasteiger partial charge in [0.2, 0.25) is 5.91 Å². The van der Waals surface area contributed by atoms with Crippen molar-refractivity contribution in [2.45, 2.75) is 39.8 Å². The summed E-state index contributed by atoms with van der Waals surface area (Å²) in [7, 11) is 3.57. The van der Waals surface area contributed by atoms with E-state index in [1.807, 2.05) is 6.92 Å². The van der Waals surface area contributed by atoms with E-state index in [0.29, 0.717) is 18.9 Å². The van der Waals surface area contributed by atoms with Gasteiger partial charge in [-0.25, -0.2) is 0 Å². The first-order valence-corrected chi connectivity index (χ1v) is 6.02. The van der Waals surface area contributed by atoms with Crippen LogP contribution in [0.25, 0.3) is 0 Å². The molecule has 2 unspecified atom stereocenters. The fraction of sp³-hybridized carbons (Fsp3) is 0.917. The molecule has 0 aliphatic heterocycles. The van der Waals surface area contributed by atoms with Gasteiger partial charge in [0.1, 0.15) is 6.23 Å². The lowest BCUT2D eigenvalue weighted by Crippen LogP contribution is -2.44. The molecule has 0 rings (SSSR count). The number of aliphatic hydroxyl groups is 1. The molecule has 0 heterocycles. The number of hydrogen-bond acceptors (Lipinski definition) is 3. The van der Waals surface area contributed by atoms with Crippen molar-refractivity contribution in [1.82, 2.24) is 10.2 Å². The molecule has 2 atom stereocenters. The van der Waals surface area contributed by atoms with E-state index in [1.165, 1.54) is 0 Å². The Bertz CT molecular complexity index is 205. The second kappa shape index (κ2) is 7.63. The summed E-state index contributed by atoms with van der Waals surface area (Å²) >= 11 is 0. The number of nitrogens with one attached hydrogen (secondary N) is 1. The Kier molecular flexibility index (Phi) is 7.34. The van der Waals surface area contributed by atoms with E-state index in [1.54, 1.807) is 19.0 Å². The molecule has 0 bridgehead atoms. The monoisotopic (exact) mass is 230 g/mol. The van der Waals surface area contributed by atoms with Gasteiger partial charge < -0.3 is 10.4 Å². The van der Waals surface area contributed by atoms with Crippen molar-refractivity contribution in [3.8, 4) is 0 Å². The van der Waals surface area contributed by atoms with Crippen molar-refractivity contribution in [2.75, 3.05) is 20.6 Å². The average Bonchev–Trinajstić information content (AvgIpc) is 2.21. The van der Waals surface area contributed by atoms with Gasteiger partial charge in [-0.2, -0.15) is 0 Å². The van der Waals surface area contributed by atoms with Gasteiger partial charge in [0.25, 0.3) is 0 Å². The van der Waals surface area contributed by atoms with E-state index in [4.69, 9.17) is 0 Å². The van der Waals surface area contributed by atoms with Crippen molar-refractivity contribution in [1.29, 1.82) is 0 Å². The first kappa shape index (κ1) is 15.4. The Morgan fingerprint density at radius 2 is 1.94 bits per heavy atom. The van der Waals surface area contributed by atoms with E-state index >= 15 is 0 Å². The van der Waals surface area contributed by atoms with Crippen LogP contribution < -0.4 is 5.32 Å². The maximum Gasteiger partial charge on any atom is 0.227 e. The highest BCUT2D eigenvalue weighted by molar-refractivity contribution is 5.79. The Morgan fingerprint density at radius 3 is 2.31 bits per heavy atom. The van der Waals surface area contributed by atoms with Crippen molar-refractivity contribution in [3.63, 3.8) is 0 Å². The molecule has 4 nitrogen and oxygen atoms in total. The van der Waals surface area contributed by atoms with Crippen LogP contribution in [-0.2, 0) is 4.79 Å². The maximum atomic E-state index is 11.9. The average molecular weight is 230 g/mol. The molecule has 0 aromatic heterocycles.